The predicted octanol–water partition coefficient (Wildman–Crippen LogP) is 1.29. The van der Waals surface area contributed by atoms with E-state index in [2.05, 4.69) is 15.6 Å². The minimum Gasteiger partial charge on any atom is -0.315 e. The lowest BCUT2D eigenvalue weighted by Crippen LogP contribution is -2.12. The van der Waals surface area contributed by atoms with Gasteiger partial charge in [-0.05, 0) is 26.4 Å². The highest BCUT2D eigenvalue weighted by Crippen LogP contribution is 2.26. The highest BCUT2D eigenvalue weighted by Gasteiger charge is 2.18. The van der Waals surface area contributed by atoms with Crippen LogP contribution in [-0.2, 0) is 6.54 Å². The van der Waals surface area contributed by atoms with Gasteiger partial charge in [-0.3, -0.25) is 0 Å². The molecule has 0 aliphatic carbocycles. The summed E-state index contributed by atoms with van der Waals surface area (Å²) in [5.74, 6) is 0. The first kappa shape index (κ1) is 9.12. The lowest BCUT2D eigenvalue weighted by Gasteiger charge is -2.03. The van der Waals surface area contributed by atoms with Crippen molar-refractivity contribution in [2.75, 3.05) is 13.6 Å². The zero-order valence-electron chi connectivity index (χ0n) is 7.84. The Balaban J connectivity index is 2.03. The Hall–Kier alpha value is -0.450. The molecule has 1 aliphatic heterocycles. The summed E-state index contributed by atoms with van der Waals surface area (Å²) in [4.78, 5) is 5.76. The first-order valence-corrected chi connectivity index (χ1v) is 5.54. The van der Waals surface area contributed by atoms with Gasteiger partial charge in [0.15, 0.2) is 0 Å². The molecule has 1 aromatic heterocycles. The molecule has 13 heavy (non-hydrogen) atoms. The van der Waals surface area contributed by atoms with Crippen molar-refractivity contribution in [2.24, 2.45) is 0 Å². The minimum absolute atomic E-state index is 0.524. The van der Waals surface area contributed by atoms with Gasteiger partial charge in [0, 0.05) is 17.6 Å². The van der Waals surface area contributed by atoms with Crippen LogP contribution in [0.1, 0.15) is 28.8 Å². The monoisotopic (exact) mass is 197 g/mol. The molecule has 0 radical (unpaired) electrons. The van der Waals surface area contributed by atoms with Crippen LogP contribution >= 0.6 is 11.3 Å². The third-order valence-electron chi connectivity index (χ3n) is 2.28. The Labute approximate surface area is 82.6 Å². The molecule has 2 heterocycles. The second-order valence-electron chi connectivity index (χ2n) is 3.34. The SMILES string of the molecule is CNCc1cnc(C2CCCN2)s1. The topological polar surface area (TPSA) is 37.0 Å². The molecule has 0 spiro atoms. The van der Waals surface area contributed by atoms with Crippen LogP contribution < -0.4 is 10.6 Å². The van der Waals surface area contributed by atoms with Crippen LogP contribution in [0.15, 0.2) is 6.20 Å². The molecule has 0 aromatic carbocycles. The minimum atomic E-state index is 0.524. The lowest BCUT2D eigenvalue weighted by atomic mass is 10.2. The van der Waals surface area contributed by atoms with E-state index in [1.54, 1.807) is 0 Å². The van der Waals surface area contributed by atoms with E-state index >= 15 is 0 Å². The number of rotatable bonds is 3. The quantitative estimate of drug-likeness (QED) is 0.766. The van der Waals surface area contributed by atoms with Crippen molar-refractivity contribution in [1.82, 2.24) is 15.6 Å². The van der Waals surface area contributed by atoms with Gasteiger partial charge >= 0.3 is 0 Å². The molecule has 4 heteroatoms. The van der Waals surface area contributed by atoms with E-state index in [9.17, 15) is 0 Å². The van der Waals surface area contributed by atoms with E-state index in [-0.39, 0.29) is 0 Å². The Morgan fingerprint density at radius 1 is 1.77 bits per heavy atom. The number of thiazole rings is 1. The van der Waals surface area contributed by atoms with E-state index in [4.69, 9.17) is 0 Å². The van der Waals surface area contributed by atoms with Crippen molar-refractivity contribution in [3.8, 4) is 0 Å². The van der Waals surface area contributed by atoms with Gasteiger partial charge in [-0.2, -0.15) is 0 Å². The van der Waals surface area contributed by atoms with E-state index in [0.29, 0.717) is 6.04 Å². The maximum absolute atomic E-state index is 4.43. The van der Waals surface area contributed by atoms with E-state index in [1.165, 1.54) is 22.7 Å². The van der Waals surface area contributed by atoms with E-state index < -0.39 is 0 Å². The summed E-state index contributed by atoms with van der Waals surface area (Å²) in [5, 5.41) is 7.85. The van der Waals surface area contributed by atoms with Crippen LogP contribution in [-0.4, -0.2) is 18.6 Å². The van der Waals surface area contributed by atoms with Gasteiger partial charge in [0.25, 0.3) is 0 Å². The molecule has 1 atom stereocenters. The van der Waals surface area contributed by atoms with Crippen LogP contribution in [0.5, 0.6) is 0 Å². The molecule has 3 nitrogen and oxygen atoms in total. The van der Waals surface area contributed by atoms with Crippen molar-refractivity contribution in [3.05, 3.63) is 16.1 Å². The summed E-state index contributed by atoms with van der Waals surface area (Å²) in [7, 11) is 1.97. The van der Waals surface area contributed by atoms with E-state index in [0.717, 1.165) is 13.1 Å². The molecule has 0 amide bonds. The summed E-state index contributed by atoms with van der Waals surface area (Å²) >= 11 is 1.82. The molecule has 72 valence electrons. The van der Waals surface area contributed by atoms with E-state index in [1.807, 2.05) is 24.6 Å². The fourth-order valence-corrected chi connectivity index (χ4v) is 2.67. The molecule has 0 bridgehead atoms. The third kappa shape index (κ3) is 2.07. The van der Waals surface area contributed by atoms with Gasteiger partial charge in [-0.25, -0.2) is 4.98 Å². The molecule has 1 aliphatic rings. The summed E-state index contributed by atoms with van der Waals surface area (Å²) in [6.45, 7) is 2.08. The van der Waals surface area contributed by atoms with Crippen molar-refractivity contribution in [3.63, 3.8) is 0 Å². The van der Waals surface area contributed by atoms with Crippen molar-refractivity contribution in [2.45, 2.75) is 25.4 Å². The maximum Gasteiger partial charge on any atom is 0.110 e. The van der Waals surface area contributed by atoms with Gasteiger partial charge < -0.3 is 10.6 Å². The Kier molecular flexibility index (Phi) is 2.93. The fourth-order valence-electron chi connectivity index (χ4n) is 1.64. The lowest BCUT2D eigenvalue weighted by molar-refractivity contribution is 0.643. The van der Waals surface area contributed by atoms with Gasteiger partial charge in [0.2, 0.25) is 0 Å². The van der Waals surface area contributed by atoms with Crippen molar-refractivity contribution in [1.29, 1.82) is 0 Å². The molecule has 1 aromatic rings. The van der Waals surface area contributed by atoms with Crippen LogP contribution in [0.3, 0.4) is 0 Å². The van der Waals surface area contributed by atoms with Crippen molar-refractivity contribution < 1.29 is 0 Å². The Morgan fingerprint density at radius 2 is 2.69 bits per heavy atom. The molecule has 2 N–H and O–H groups in total. The molecule has 2 rings (SSSR count). The summed E-state index contributed by atoms with van der Waals surface area (Å²) in [6, 6.07) is 0.524. The molecule has 1 fully saturated rings. The average molecular weight is 197 g/mol. The predicted molar refractivity (Wildman–Crippen MR) is 54.9 cm³/mol. The molecule has 1 saturated heterocycles. The molecule has 1 unspecified atom stereocenters. The third-order valence-corrected chi connectivity index (χ3v) is 3.39. The zero-order chi connectivity index (χ0) is 9.10. The number of hydrogen-bond donors (Lipinski definition) is 2. The standard InChI is InChI=1S/C9H15N3S/c1-10-5-7-6-12-9(13-7)8-3-2-4-11-8/h6,8,10-11H,2-5H2,1H3. The fraction of sp³-hybridized carbons (Fsp3) is 0.667. The molecule has 0 saturated carbocycles. The van der Waals surface area contributed by atoms with Crippen LogP contribution in [0, 0.1) is 0 Å². The van der Waals surface area contributed by atoms with Gasteiger partial charge in [-0.1, -0.05) is 0 Å². The average Bonchev–Trinajstić information content (AvgIpc) is 2.70. The normalized spacial score (nSPS) is 22.4. The number of aromatic nitrogens is 1. The second kappa shape index (κ2) is 4.17. The summed E-state index contributed by atoms with van der Waals surface area (Å²) < 4.78 is 0. The second-order valence-corrected chi connectivity index (χ2v) is 4.49. The van der Waals surface area contributed by atoms with Gasteiger partial charge in [0.1, 0.15) is 5.01 Å². The van der Waals surface area contributed by atoms with Crippen molar-refractivity contribution >= 4 is 11.3 Å². The maximum atomic E-state index is 4.43. The van der Waals surface area contributed by atoms with Crippen LogP contribution in [0.2, 0.25) is 0 Å². The number of hydrogen-bond acceptors (Lipinski definition) is 4. The summed E-state index contributed by atoms with van der Waals surface area (Å²) in [5.41, 5.74) is 0. The molecular weight excluding hydrogens is 182 g/mol. The highest BCUT2D eigenvalue weighted by atomic mass is 32.1. The zero-order valence-corrected chi connectivity index (χ0v) is 8.66. The number of nitrogens with zero attached hydrogens (tertiary/aromatic N) is 1. The first-order chi connectivity index (χ1) is 6.40. The Bertz CT molecular complexity index is 266. The molecular formula is C9H15N3S. The van der Waals surface area contributed by atoms with Crippen LogP contribution in [0.25, 0.3) is 0 Å². The van der Waals surface area contributed by atoms with Crippen LogP contribution in [0.4, 0.5) is 0 Å². The number of nitrogens with one attached hydrogen (secondary N) is 2. The largest absolute Gasteiger partial charge is 0.315 e. The smallest absolute Gasteiger partial charge is 0.110 e. The van der Waals surface area contributed by atoms with Gasteiger partial charge in [0.05, 0.1) is 6.04 Å². The van der Waals surface area contributed by atoms with Gasteiger partial charge in [-0.15, -0.1) is 11.3 Å². The summed E-state index contributed by atoms with van der Waals surface area (Å²) in [6.07, 6.45) is 4.51. The highest BCUT2D eigenvalue weighted by molar-refractivity contribution is 7.11. The first-order valence-electron chi connectivity index (χ1n) is 4.72. The Morgan fingerprint density at radius 3 is 3.38 bits per heavy atom.